The van der Waals surface area contributed by atoms with Crippen molar-refractivity contribution in [3.8, 4) is 6.01 Å². The summed E-state index contributed by atoms with van der Waals surface area (Å²) in [4.78, 5) is 10.7. The van der Waals surface area contributed by atoms with Crippen molar-refractivity contribution in [2.24, 2.45) is 5.41 Å². The van der Waals surface area contributed by atoms with Gasteiger partial charge in [0.25, 0.3) is 0 Å². The fourth-order valence-electron chi connectivity index (χ4n) is 4.03. The van der Waals surface area contributed by atoms with Crippen LogP contribution in [0.25, 0.3) is 0 Å². The van der Waals surface area contributed by atoms with Crippen molar-refractivity contribution in [1.82, 2.24) is 9.97 Å². The molecule has 0 radical (unpaired) electrons. The highest BCUT2D eigenvalue weighted by atomic mass is 35.5. The Kier molecular flexibility index (Phi) is 4.94. The standard InChI is InChI=1S/C16H24ClN3O3/c1-22-12-9-16(10-12)4-5-20(11(8-16)3-6-21)14-7-13(17)18-15(19-14)23-2/h7,11-12,21H,3-6,8-10H2,1-2H3. The van der Waals surface area contributed by atoms with Crippen LogP contribution in [0, 0.1) is 5.41 Å². The minimum absolute atomic E-state index is 0.168. The fraction of sp³-hybridized carbons (Fsp3) is 0.750. The zero-order chi connectivity index (χ0) is 16.4. The summed E-state index contributed by atoms with van der Waals surface area (Å²) in [5, 5.41) is 9.84. The number of rotatable bonds is 5. The average Bonchev–Trinajstić information content (AvgIpc) is 2.52. The van der Waals surface area contributed by atoms with Gasteiger partial charge in [-0.2, -0.15) is 9.97 Å². The first kappa shape index (κ1) is 16.7. The molecule has 2 aliphatic rings. The summed E-state index contributed by atoms with van der Waals surface area (Å²) in [5.74, 6) is 0.776. The van der Waals surface area contributed by atoms with Gasteiger partial charge in [0.15, 0.2) is 0 Å². The molecular formula is C16H24ClN3O3. The fourth-order valence-corrected chi connectivity index (χ4v) is 4.20. The quantitative estimate of drug-likeness (QED) is 0.829. The van der Waals surface area contributed by atoms with Gasteiger partial charge in [-0.25, -0.2) is 0 Å². The maximum atomic E-state index is 9.46. The number of methoxy groups -OCH3 is 2. The molecule has 1 saturated heterocycles. The van der Waals surface area contributed by atoms with Gasteiger partial charge in [0.1, 0.15) is 11.0 Å². The molecule has 0 aromatic carbocycles. The Balaban J connectivity index is 1.78. The number of anilines is 1. The van der Waals surface area contributed by atoms with Crippen LogP contribution in [-0.4, -0.2) is 54.6 Å². The molecule has 1 N–H and O–H groups in total. The van der Waals surface area contributed by atoms with Crippen molar-refractivity contribution in [1.29, 1.82) is 0 Å². The van der Waals surface area contributed by atoms with E-state index in [0.29, 0.717) is 16.7 Å². The first-order valence-corrected chi connectivity index (χ1v) is 8.46. The molecule has 2 fully saturated rings. The molecule has 1 aliphatic carbocycles. The van der Waals surface area contributed by atoms with E-state index in [-0.39, 0.29) is 18.7 Å². The normalized spacial score (nSPS) is 30.3. The third-order valence-electron chi connectivity index (χ3n) is 5.25. The molecule has 2 heterocycles. The van der Waals surface area contributed by atoms with Crippen molar-refractivity contribution >= 4 is 17.4 Å². The zero-order valence-corrected chi connectivity index (χ0v) is 14.4. The van der Waals surface area contributed by atoms with Gasteiger partial charge in [0.2, 0.25) is 0 Å². The molecule has 1 aliphatic heterocycles. The van der Waals surface area contributed by atoms with E-state index in [4.69, 9.17) is 21.1 Å². The lowest BCUT2D eigenvalue weighted by Gasteiger charge is -2.54. The molecule has 23 heavy (non-hydrogen) atoms. The van der Waals surface area contributed by atoms with Crippen LogP contribution in [0.15, 0.2) is 6.07 Å². The molecule has 7 heteroatoms. The van der Waals surface area contributed by atoms with Crippen molar-refractivity contribution in [2.75, 3.05) is 32.3 Å². The maximum absolute atomic E-state index is 9.46. The Morgan fingerprint density at radius 3 is 2.78 bits per heavy atom. The predicted octanol–water partition coefficient (Wildman–Crippen LogP) is 2.29. The van der Waals surface area contributed by atoms with Crippen molar-refractivity contribution in [3.05, 3.63) is 11.2 Å². The summed E-state index contributed by atoms with van der Waals surface area (Å²) in [6.07, 6.45) is 5.52. The third-order valence-corrected chi connectivity index (χ3v) is 5.44. The highest BCUT2D eigenvalue weighted by Crippen LogP contribution is 2.52. The van der Waals surface area contributed by atoms with Crippen molar-refractivity contribution in [2.45, 2.75) is 44.2 Å². The number of ether oxygens (including phenoxy) is 2. The molecule has 1 spiro atoms. The van der Waals surface area contributed by atoms with Gasteiger partial charge < -0.3 is 19.5 Å². The zero-order valence-electron chi connectivity index (χ0n) is 13.7. The van der Waals surface area contributed by atoms with E-state index in [9.17, 15) is 5.11 Å². The van der Waals surface area contributed by atoms with Crippen LogP contribution in [0.4, 0.5) is 5.82 Å². The summed E-state index contributed by atoms with van der Waals surface area (Å²) in [7, 11) is 3.32. The molecule has 1 aromatic heterocycles. The monoisotopic (exact) mass is 341 g/mol. The second kappa shape index (κ2) is 6.79. The molecule has 1 saturated carbocycles. The SMILES string of the molecule is COc1nc(Cl)cc(N2CCC3(CC(OC)C3)CC2CCO)n1. The number of hydrogen-bond donors (Lipinski definition) is 1. The second-order valence-electron chi connectivity index (χ2n) is 6.62. The number of nitrogens with zero attached hydrogens (tertiary/aromatic N) is 3. The van der Waals surface area contributed by atoms with E-state index < -0.39 is 0 Å². The van der Waals surface area contributed by atoms with Gasteiger partial charge >= 0.3 is 6.01 Å². The second-order valence-corrected chi connectivity index (χ2v) is 7.00. The minimum Gasteiger partial charge on any atom is -0.467 e. The lowest BCUT2D eigenvalue weighted by Crippen LogP contribution is -2.54. The Morgan fingerprint density at radius 2 is 2.13 bits per heavy atom. The minimum atomic E-state index is 0.168. The molecule has 0 bridgehead atoms. The van der Waals surface area contributed by atoms with Crippen LogP contribution < -0.4 is 9.64 Å². The van der Waals surface area contributed by atoms with Gasteiger partial charge in [0.05, 0.1) is 13.2 Å². The van der Waals surface area contributed by atoms with Gasteiger partial charge in [-0.3, -0.25) is 0 Å². The molecule has 1 unspecified atom stereocenters. The Hall–Kier alpha value is -1.11. The van der Waals surface area contributed by atoms with E-state index in [2.05, 4.69) is 14.9 Å². The van der Waals surface area contributed by atoms with Gasteiger partial charge in [0, 0.05) is 32.4 Å². The van der Waals surface area contributed by atoms with Crippen LogP contribution in [0.2, 0.25) is 5.15 Å². The van der Waals surface area contributed by atoms with Gasteiger partial charge in [-0.1, -0.05) is 11.6 Å². The Morgan fingerprint density at radius 1 is 1.35 bits per heavy atom. The third kappa shape index (κ3) is 3.39. The Bertz CT molecular complexity index is 551. The summed E-state index contributed by atoms with van der Waals surface area (Å²) in [5.41, 5.74) is 0.359. The van der Waals surface area contributed by atoms with E-state index in [1.807, 2.05) is 0 Å². The topological polar surface area (TPSA) is 67.7 Å². The predicted molar refractivity (Wildman–Crippen MR) is 88.1 cm³/mol. The summed E-state index contributed by atoms with van der Waals surface area (Å²) in [6, 6.07) is 2.30. The maximum Gasteiger partial charge on any atom is 0.319 e. The average molecular weight is 342 g/mol. The molecule has 128 valence electrons. The van der Waals surface area contributed by atoms with E-state index in [1.54, 1.807) is 13.2 Å². The highest BCUT2D eigenvalue weighted by molar-refractivity contribution is 6.29. The number of aliphatic hydroxyl groups excluding tert-OH is 1. The molecule has 0 amide bonds. The summed E-state index contributed by atoms with van der Waals surface area (Å²) in [6.45, 7) is 1.07. The van der Waals surface area contributed by atoms with Crippen LogP contribution in [0.5, 0.6) is 6.01 Å². The van der Waals surface area contributed by atoms with Crippen LogP contribution in [0.3, 0.4) is 0 Å². The molecule has 3 rings (SSSR count). The van der Waals surface area contributed by atoms with Crippen LogP contribution >= 0.6 is 11.6 Å². The van der Waals surface area contributed by atoms with E-state index in [1.165, 1.54) is 7.11 Å². The number of aromatic nitrogens is 2. The lowest BCUT2D eigenvalue weighted by molar-refractivity contribution is -0.0777. The number of halogens is 1. The van der Waals surface area contributed by atoms with Crippen LogP contribution in [-0.2, 0) is 4.74 Å². The molecule has 6 nitrogen and oxygen atoms in total. The van der Waals surface area contributed by atoms with Crippen LogP contribution in [0.1, 0.15) is 32.1 Å². The van der Waals surface area contributed by atoms with E-state index >= 15 is 0 Å². The summed E-state index contributed by atoms with van der Waals surface area (Å²) < 4.78 is 10.6. The number of piperidine rings is 1. The van der Waals surface area contributed by atoms with Crippen molar-refractivity contribution < 1.29 is 14.6 Å². The lowest BCUT2D eigenvalue weighted by atomic mass is 9.59. The number of aliphatic hydroxyl groups is 1. The number of hydrogen-bond acceptors (Lipinski definition) is 6. The largest absolute Gasteiger partial charge is 0.467 e. The smallest absolute Gasteiger partial charge is 0.319 e. The van der Waals surface area contributed by atoms with E-state index in [0.717, 1.165) is 44.5 Å². The van der Waals surface area contributed by atoms with Gasteiger partial charge in [-0.15, -0.1) is 0 Å². The summed E-state index contributed by atoms with van der Waals surface area (Å²) >= 11 is 6.08. The first-order valence-electron chi connectivity index (χ1n) is 8.08. The van der Waals surface area contributed by atoms with Crippen molar-refractivity contribution in [3.63, 3.8) is 0 Å². The first-order chi connectivity index (χ1) is 11.1. The van der Waals surface area contributed by atoms with Gasteiger partial charge in [-0.05, 0) is 37.5 Å². The molecule has 1 atom stereocenters. The Labute approximate surface area is 141 Å². The molecule has 1 aromatic rings. The highest BCUT2D eigenvalue weighted by Gasteiger charge is 2.49. The molecular weight excluding hydrogens is 318 g/mol.